The molecule has 0 bridgehead atoms. The van der Waals surface area contributed by atoms with Gasteiger partial charge in [0.1, 0.15) is 0 Å². The third-order valence-corrected chi connectivity index (χ3v) is 4.38. The number of carboxylic acids is 1. The quantitative estimate of drug-likeness (QED) is 0.910. The molecule has 0 saturated carbocycles. The number of amides is 1. The van der Waals surface area contributed by atoms with Gasteiger partial charge in [-0.1, -0.05) is 6.07 Å². The Bertz CT molecular complexity index is 408. The molecule has 1 saturated heterocycles. The van der Waals surface area contributed by atoms with E-state index in [1.165, 1.54) is 4.88 Å². The van der Waals surface area contributed by atoms with E-state index in [4.69, 9.17) is 5.11 Å². The molecule has 18 heavy (non-hydrogen) atoms. The van der Waals surface area contributed by atoms with Crippen molar-refractivity contribution in [3.63, 3.8) is 0 Å². The Morgan fingerprint density at radius 1 is 1.33 bits per heavy atom. The molecule has 98 valence electrons. The van der Waals surface area contributed by atoms with Gasteiger partial charge in [0, 0.05) is 24.4 Å². The van der Waals surface area contributed by atoms with E-state index in [9.17, 15) is 9.59 Å². The standard InChI is InChI=1S/C13H17NO3S/c15-12(3-4-13(16)17)14-7-5-10(6-8-14)11-2-1-9-18-11/h1-2,9-10H,3-8H2,(H,16,17). The van der Waals surface area contributed by atoms with Crippen molar-refractivity contribution in [3.8, 4) is 0 Å². The predicted octanol–water partition coefficient (Wildman–Crippen LogP) is 2.32. The molecule has 1 N–H and O–H groups in total. The van der Waals surface area contributed by atoms with Gasteiger partial charge in [-0.2, -0.15) is 0 Å². The second-order valence-electron chi connectivity index (χ2n) is 4.56. The van der Waals surface area contributed by atoms with Crippen LogP contribution in [0.1, 0.15) is 36.5 Å². The first-order valence-corrected chi connectivity index (χ1v) is 7.08. The second kappa shape index (κ2) is 6.00. The summed E-state index contributed by atoms with van der Waals surface area (Å²) in [5.41, 5.74) is 0. The predicted molar refractivity (Wildman–Crippen MR) is 69.7 cm³/mol. The normalized spacial score (nSPS) is 16.8. The first-order valence-electron chi connectivity index (χ1n) is 6.20. The SMILES string of the molecule is O=C(O)CCC(=O)N1CCC(c2cccs2)CC1. The second-order valence-corrected chi connectivity index (χ2v) is 5.54. The fraction of sp³-hybridized carbons (Fsp3) is 0.538. The molecule has 0 unspecified atom stereocenters. The maximum absolute atomic E-state index is 11.8. The Kier molecular flexibility index (Phi) is 4.36. The average molecular weight is 267 g/mol. The van der Waals surface area contributed by atoms with Crippen molar-refractivity contribution in [3.05, 3.63) is 22.4 Å². The van der Waals surface area contributed by atoms with Crippen molar-refractivity contribution < 1.29 is 14.7 Å². The lowest BCUT2D eigenvalue weighted by atomic mass is 9.95. The van der Waals surface area contributed by atoms with Crippen LogP contribution in [-0.2, 0) is 9.59 Å². The lowest BCUT2D eigenvalue weighted by Crippen LogP contribution is -2.37. The number of rotatable bonds is 4. The van der Waals surface area contributed by atoms with Crippen molar-refractivity contribution in [2.24, 2.45) is 0 Å². The molecule has 2 heterocycles. The van der Waals surface area contributed by atoms with E-state index >= 15 is 0 Å². The largest absolute Gasteiger partial charge is 0.481 e. The van der Waals surface area contributed by atoms with E-state index in [2.05, 4.69) is 17.5 Å². The van der Waals surface area contributed by atoms with Gasteiger partial charge >= 0.3 is 5.97 Å². The maximum atomic E-state index is 11.8. The zero-order valence-corrected chi connectivity index (χ0v) is 11.0. The first-order chi connectivity index (χ1) is 8.66. The average Bonchev–Trinajstić information content (AvgIpc) is 2.90. The maximum Gasteiger partial charge on any atom is 0.303 e. The summed E-state index contributed by atoms with van der Waals surface area (Å²) in [7, 11) is 0. The molecule has 1 fully saturated rings. The van der Waals surface area contributed by atoms with Gasteiger partial charge in [-0.05, 0) is 30.2 Å². The number of hydrogen-bond acceptors (Lipinski definition) is 3. The van der Waals surface area contributed by atoms with Gasteiger partial charge in [0.25, 0.3) is 0 Å². The van der Waals surface area contributed by atoms with Gasteiger partial charge in [0.15, 0.2) is 0 Å². The number of piperidine rings is 1. The minimum atomic E-state index is -0.906. The Morgan fingerprint density at radius 2 is 2.06 bits per heavy atom. The Morgan fingerprint density at radius 3 is 2.61 bits per heavy atom. The minimum absolute atomic E-state index is 0.0259. The number of carboxylic acid groups (broad SMARTS) is 1. The van der Waals surface area contributed by atoms with Crippen molar-refractivity contribution in [2.45, 2.75) is 31.6 Å². The van der Waals surface area contributed by atoms with Crippen LogP contribution in [0, 0.1) is 0 Å². The molecule has 0 atom stereocenters. The topological polar surface area (TPSA) is 57.6 Å². The number of carbonyl (C=O) groups excluding carboxylic acids is 1. The summed E-state index contributed by atoms with van der Waals surface area (Å²) in [6.45, 7) is 1.50. The summed E-state index contributed by atoms with van der Waals surface area (Å²) < 4.78 is 0. The van der Waals surface area contributed by atoms with Gasteiger partial charge in [0.2, 0.25) is 5.91 Å². The van der Waals surface area contributed by atoms with Crippen LogP contribution < -0.4 is 0 Å². The molecule has 1 aliphatic rings. The van der Waals surface area contributed by atoms with Gasteiger partial charge in [-0.25, -0.2) is 0 Å². The van der Waals surface area contributed by atoms with Gasteiger partial charge in [0.05, 0.1) is 6.42 Å². The van der Waals surface area contributed by atoms with E-state index in [-0.39, 0.29) is 18.7 Å². The third kappa shape index (κ3) is 3.32. The van der Waals surface area contributed by atoms with Crippen LogP contribution in [-0.4, -0.2) is 35.0 Å². The lowest BCUT2D eigenvalue weighted by Gasteiger charge is -2.31. The van der Waals surface area contributed by atoms with Crippen LogP contribution in [0.4, 0.5) is 0 Å². The van der Waals surface area contributed by atoms with E-state index in [1.807, 2.05) is 0 Å². The molecule has 1 amide bonds. The molecule has 5 heteroatoms. The van der Waals surface area contributed by atoms with Crippen LogP contribution in [0.25, 0.3) is 0 Å². The molecule has 0 spiro atoms. The van der Waals surface area contributed by atoms with E-state index in [1.54, 1.807) is 16.2 Å². The van der Waals surface area contributed by atoms with Gasteiger partial charge in [-0.3, -0.25) is 9.59 Å². The monoisotopic (exact) mass is 267 g/mol. The summed E-state index contributed by atoms with van der Waals surface area (Å²) >= 11 is 1.77. The highest BCUT2D eigenvalue weighted by Gasteiger charge is 2.24. The number of aliphatic carboxylic acids is 1. The number of carbonyl (C=O) groups is 2. The van der Waals surface area contributed by atoms with Gasteiger partial charge in [-0.15, -0.1) is 11.3 Å². The third-order valence-electron chi connectivity index (χ3n) is 3.35. The van der Waals surface area contributed by atoms with Crippen LogP contribution in [0.3, 0.4) is 0 Å². The summed E-state index contributed by atoms with van der Waals surface area (Å²) in [5.74, 6) is -0.368. The molecule has 0 aliphatic carbocycles. The number of thiophene rings is 1. The van der Waals surface area contributed by atoms with Crippen molar-refractivity contribution >= 4 is 23.2 Å². The highest BCUT2D eigenvalue weighted by Crippen LogP contribution is 2.31. The number of nitrogens with zero attached hydrogens (tertiary/aromatic N) is 1. The van der Waals surface area contributed by atoms with Crippen LogP contribution in [0.5, 0.6) is 0 Å². The summed E-state index contributed by atoms with van der Waals surface area (Å²) in [6.07, 6.45) is 2.03. The van der Waals surface area contributed by atoms with Crippen molar-refractivity contribution in [1.29, 1.82) is 0 Å². The van der Waals surface area contributed by atoms with E-state index in [0.29, 0.717) is 5.92 Å². The highest BCUT2D eigenvalue weighted by atomic mass is 32.1. The van der Waals surface area contributed by atoms with Crippen LogP contribution in [0.15, 0.2) is 17.5 Å². The van der Waals surface area contributed by atoms with Crippen LogP contribution in [0.2, 0.25) is 0 Å². The summed E-state index contributed by atoms with van der Waals surface area (Å²) in [6, 6.07) is 4.21. The van der Waals surface area contributed by atoms with Gasteiger partial charge < -0.3 is 10.0 Å². The smallest absolute Gasteiger partial charge is 0.303 e. The minimum Gasteiger partial charge on any atom is -0.481 e. The van der Waals surface area contributed by atoms with E-state index in [0.717, 1.165) is 25.9 Å². The highest BCUT2D eigenvalue weighted by molar-refractivity contribution is 7.10. The summed E-state index contributed by atoms with van der Waals surface area (Å²) in [5, 5.41) is 10.6. The lowest BCUT2D eigenvalue weighted by molar-refractivity contribution is -0.141. The first kappa shape index (κ1) is 13.1. The number of hydrogen-bond donors (Lipinski definition) is 1. The van der Waals surface area contributed by atoms with E-state index < -0.39 is 5.97 Å². The molecular formula is C13H17NO3S. The molecule has 0 aromatic carbocycles. The number of likely N-dealkylation sites (tertiary alicyclic amines) is 1. The zero-order valence-electron chi connectivity index (χ0n) is 10.2. The summed E-state index contributed by atoms with van der Waals surface area (Å²) in [4.78, 5) is 25.4. The molecular weight excluding hydrogens is 250 g/mol. The van der Waals surface area contributed by atoms with Crippen molar-refractivity contribution in [2.75, 3.05) is 13.1 Å². The Hall–Kier alpha value is -1.36. The fourth-order valence-corrected chi connectivity index (χ4v) is 3.21. The molecule has 0 radical (unpaired) electrons. The fourth-order valence-electron chi connectivity index (χ4n) is 2.31. The van der Waals surface area contributed by atoms with Crippen molar-refractivity contribution in [1.82, 2.24) is 4.90 Å². The molecule has 2 rings (SSSR count). The Balaban J connectivity index is 1.79. The molecule has 4 nitrogen and oxygen atoms in total. The molecule has 1 aromatic rings. The molecule has 1 aliphatic heterocycles. The Labute approximate surface area is 110 Å². The van der Waals surface area contributed by atoms with Crippen LogP contribution >= 0.6 is 11.3 Å². The zero-order chi connectivity index (χ0) is 13.0. The molecule has 1 aromatic heterocycles.